The number of nitrogens with zero attached hydrogens (tertiary/aromatic N) is 6. The summed E-state index contributed by atoms with van der Waals surface area (Å²) < 4.78 is 2.35. The van der Waals surface area contributed by atoms with Gasteiger partial charge in [-0.2, -0.15) is 0 Å². The Bertz CT molecular complexity index is 1100. The van der Waals surface area contributed by atoms with E-state index in [1.807, 2.05) is 36.6 Å². The number of thiazole rings is 1. The Morgan fingerprint density at radius 2 is 2.03 bits per heavy atom. The minimum atomic E-state index is -0.0381. The second-order valence-corrected chi connectivity index (χ2v) is 10.3. The number of rotatable bonds is 7. The van der Waals surface area contributed by atoms with Crippen LogP contribution in [-0.4, -0.2) is 38.7 Å². The molecule has 0 N–H and O–H groups in total. The summed E-state index contributed by atoms with van der Waals surface area (Å²) in [6.45, 7) is 5.76. The summed E-state index contributed by atoms with van der Waals surface area (Å²) in [5.41, 5.74) is 2.93. The van der Waals surface area contributed by atoms with Crippen molar-refractivity contribution in [1.82, 2.24) is 19.7 Å². The molecule has 1 aliphatic heterocycles. The summed E-state index contributed by atoms with van der Waals surface area (Å²) in [5.74, 6) is 1.71. The Hall–Kier alpha value is -2.39. The molecule has 168 valence electrons. The van der Waals surface area contributed by atoms with Gasteiger partial charge in [0.1, 0.15) is 0 Å². The smallest absolute Gasteiger partial charge is 0.230 e. The van der Waals surface area contributed by atoms with Gasteiger partial charge in [0.05, 0.1) is 11.4 Å². The number of hydrogen-bond donors (Lipinski definition) is 0. The number of thioether (sulfide) groups is 1. The van der Waals surface area contributed by atoms with Crippen LogP contribution in [0.25, 0.3) is 0 Å². The van der Waals surface area contributed by atoms with Crippen LogP contribution in [0.15, 0.2) is 34.8 Å². The molecule has 32 heavy (non-hydrogen) atoms. The molecule has 3 aromatic rings. The predicted molar refractivity (Wildman–Crippen MR) is 130 cm³/mol. The average molecular weight is 469 g/mol. The summed E-state index contributed by atoms with van der Waals surface area (Å²) in [5, 5.41) is 12.8. The molecule has 3 heterocycles. The van der Waals surface area contributed by atoms with E-state index in [1.165, 1.54) is 43.4 Å². The van der Waals surface area contributed by atoms with Crippen molar-refractivity contribution in [1.29, 1.82) is 0 Å². The molecule has 0 bridgehead atoms. The third-order valence-corrected chi connectivity index (χ3v) is 7.70. The van der Waals surface area contributed by atoms with Crippen LogP contribution < -0.4 is 9.80 Å². The summed E-state index contributed by atoms with van der Waals surface area (Å²) in [4.78, 5) is 21.2. The molecule has 1 amide bonds. The number of amides is 1. The molecule has 0 spiro atoms. The zero-order valence-corrected chi connectivity index (χ0v) is 20.2. The molecule has 1 aromatic carbocycles. The highest BCUT2D eigenvalue weighted by Crippen LogP contribution is 2.42. The predicted octanol–water partition coefficient (Wildman–Crippen LogP) is 5.35. The van der Waals surface area contributed by atoms with Gasteiger partial charge < -0.3 is 4.90 Å². The highest BCUT2D eigenvalue weighted by molar-refractivity contribution is 7.98. The topological polar surface area (TPSA) is 67.2 Å². The lowest BCUT2D eigenvalue weighted by Crippen LogP contribution is -2.31. The molecule has 2 aromatic heterocycles. The number of piperidine rings is 1. The second kappa shape index (κ2) is 9.23. The molecule has 0 unspecified atom stereocenters. The molecular formula is C23H28N6OS2. The monoisotopic (exact) mass is 468 g/mol. The molecule has 2 fully saturated rings. The summed E-state index contributed by atoms with van der Waals surface area (Å²) in [7, 11) is 0. The highest BCUT2D eigenvalue weighted by Gasteiger charge is 2.32. The standard InChI is InChI=1S/C23H28N6OS2/c1-16-7-6-8-20(13-16)28(17(2)30)22-24-18(14-31-22)15-32-23-26-25-21(29(23)19-9-10-19)27-11-4-3-5-12-27/h6-8,13-14,19H,3-5,9-12,15H2,1-2H3. The Balaban J connectivity index is 1.32. The van der Waals surface area contributed by atoms with Crippen LogP contribution >= 0.6 is 23.1 Å². The largest absolute Gasteiger partial charge is 0.341 e. The number of anilines is 3. The second-order valence-electron chi connectivity index (χ2n) is 8.53. The van der Waals surface area contributed by atoms with Gasteiger partial charge in [-0.15, -0.1) is 21.5 Å². The minimum Gasteiger partial charge on any atom is -0.341 e. The lowest BCUT2D eigenvalue weighted by Gasteiger charge is -2.27. The van der Waals surface area contributed by atoms with Crippen LogP contribution in [0.2, 0.25) is 0 Å². The molecule has 0 radical (unpaired) electrons. The lowest BCUT2D eigenvalue weighted by atomic mass is 10.1. The van der Waals surface area contributed by atoms with Crippen LogP contribution in [0, 0.1) is 6.92 Å². The van der Waals surface area contributed by atoms with Crippen molar-refractivity contribution < 1.29 is 4.79 Å². The molecule has 9 heteroatoms. The Labute approximate surface area is 196 Å². The van der Waals surface area contributed by atoms with Gasteiger partial charge in [0.15, 0.2) is 10.3 Å². The van der Waals surface area contributed by atoms with Crippen molar-refractivity contribution in [2.24, 2.45) is 0 Å². The van der Waals surface area contributed by atoms with E-state index in [4.69, 9.17) is 4.98 Å². The maximum atomic E-state index is 12.4. The molecule has 1 saturated carbocycles. The van der Waals surface area contributed by atoms with E-state index in [0.717, 1.165) is 41.1 Å². The normalized spacial score (nSPS) is 16.4. The molecule has 7 nitrogen and oxygen atoms in total. The van der Waals surface area contributed by atoms with Crippen molar-refractivity contribution >= 4 is 45.8 Å². The maximum absolute atomic E-state index is 12.4. The fourth-order valence-corrected chi connectivity index (χ4v) is 6.01. The van der Waals surface area contributed by atoms with Gasteiger partial charge in [0.25, 0.3) is 0 Å². The molecule has 5 rings (SSSR count). The highest BCUT2D eigenvalue weighted by atomic mass is 32.2. The zero-order chi connectivity index (χ0) is 22.1. The summed E-state index contributed by atoms with van der Waals surface area (Å²) in [6.07, 6.45) is 6.18. The fourth-order valence-electron chi connectivity index (χ4n) is 4.13. The van der Waals surface area contributed by atoms with E-state index < -0.39 is 0 Å². The number of carbonyl (C=O) groups excluding carboxylic acids is 1. The number of aromatic nitrogens is 4. The molecule has 0 atom stereocenters. The van der Waals surface area contributed by atoms with Crippen molar-refractivity contribution in [2.75, 3.05) is 22.9 Å². The fraction of sp³-hybridized carbons (Fsp3) is 0.478. The SMILES string of the molecule is CC(=O)N(c1cccc(C)c1)c1nc(CSc2nnc(N3CCCCC3)n2C2CC2)cs1. The van der Waals surface area contributed by atoms with Crippen LogP contribution in [0.4, 0.5) is 16.8 Å². The van der Waals surface area contributed by atoms with E-state index in [1.54, 1.807) is 23.6 Å². The molecule has 2 aliphatic rings. The van der Waals surface area contributed by atoms with Crippen LogP contribution in [0.5, 0.6) is 0 Å². The van der Waals surface area contributed by atoms with Gasteiger partial charge in [-0.05, 0) is 56.7 Å². The Morgan fingerprint density at radius 3 is 2.75 bits per heavy atom. The first-order valence-corrected chi connectivity index (χ1v) is 13.1. The first kappa shape index (κ1) is 21.5. The van der Waals surface area contributed by atoms with Crippen molar-refractivity contribution in [3.8, 4) is 0 Å². The van der Waals surface area contributed by atoms with Crippen molar-refractivity contribution in [3.63, 3.8) is 0 Å². The van der Waals surface area contributed by atoms with Gasteiger partial charge in [-0.3, -0.25) is 14.3 Å². The van der Waals surface area contributed by atoms with E-state index in [2.05, 4.69) is 19.7 Å². The zero-order valence-electron chi connectivity index (χ0n) is 18.5. The Kier molecular flexibility index (Phi) is 6.19. The van der Waals surface area contributed by atoms with Crippen LogP contribution in [0.1, 0.15) is 56.3 Å². The van der Waals surface area contributed by atoms with Gasteiger partial charge in [-0.25, -0.2) is 4.98 Å². The van der Waals surface area contributed by atoms with Crippen molar-refractivity contribution in [2.45, 2.75) is 62.9 Å². The number of carbonyl (C=O) groups is 1. The summed E-state index contributed by atoms with van der Waals surface area (Å²) >= 11 is 3.19. The summed E-state index contributed by atoms with van der Waals surface area (Å²) in [6, 6.07) is 8.49. The molecule has 1 saturated heterocycles. The average Bonchev–Trinajstić information content (AvgIpc) is 3.37. The molecule has 1 aliphatic carbocycles. The minimum absolute atomic E-state index is 0.0381. The van der Waals surface area contributed by atoms with Gasteiger partial charge in [-0.1, -0.05) is 23.9 Å². The number of hydrogen-bond acceptors (Lipinski definition) is 7. The first-order valence-electron chi connectivity index (χ1n) is 11.2. The van der Waals surface area contributed by atoms with Crippen molar-refractivity contribution in [3.05, 3.63) is 40.9 Å². The quantitative estimate of drug-likeness (QED) is 0.436. The number of aryl methyl sites for hydroxylation is 1. The first-order chi connectivity index (χ1) is 15.6. The lowest BCUT2D eigenvalue weighted by molar-refractivity contribution is -0.115. The van der Waals surface area contributed by atoms with Gasteiger partial charge in [0.2, 0.25) is 11.9 Å². The van der Waals surface area contributed by atoms with E-state index in [0.29, 0.717) is 16.9 Å². The number of benzene rings is 1. The Morgan fingerprint density at radius 1 is 1.22 bits per heavy atom. The maximum Gasteiger partial charge on any atom is 0.230 e. The van der Waals surface area contributed by atoms with E-state index >= 15 is 0 Å². The third-order valence-electron chi connectivity index (χ3n) is 5.85. The van der Waals surface area contributed by atoms with E-state index in [-0.39, 0.29) is 5.91 Å². The van der Waals surface area contributed by atoms with E-state index in [9.17, 15) is 4.79 Å². The third kappa shape index (κ3) is 4.54. The molecular weight excluding hydrogens is 440 g/mol. The van der Waals surface area contributed by atoms with Gasteiger partial charge in [0, 0.05) is 37.2 Å². The van der Waals surface area contributed by atoms with Gasteiger partial charge >= 0.3 is 0 Å². The van der Waals surface area contributed by atoms with Crippen LogP contribution in [-0.2, 0) is 10.5 Å². The van der Waals surface area contributed by atoms with Crippen LogP contribution in [0.3, 0.4) is 0 Å².